The average Bonchev–Trinajstić information content (AvgIpc) is 2.85. The molecule has 0 spiro atoms. The van der Waals surface area contributed by atoms with E-state index in [4.69, 9.17) is 0 Å². The van der Waals surface area contributed by atoms with E-state index in [2.05, 4.69) is 24.5 Å². The molecule has 3 heteroatoms. The second kappa shape index (κ2) is 4.70. The first-order valence-electron chi connectivity index (χ1n) is 7.96. The van der Waals surface area contributed by atoms with Crippen molar-refractivity contribution in [3.63, 3.8) is 0 Å². The van der Waals surface area contributed by atoms with Crippen molar-refractivity contribution in [1.82, 2.24) is 5.43 Å². The van der Waals surface area contributed by atoms with Gasteiger partial charge >= 0.3 is 0 Å². The van der Waals surface area contributed by atoms with E-state index < -0.39 is 0 Å². The molecule has 21 heavy (non-hydrogen) atoms. The summed E-state index contributed by atoms with van der Waals surface area (Å²) >= 11 is 0. The highest BCUT2D eigenvalue weighted by Crippen LogP contribution is 2.50. The van der Waals surface area contributed by atoms with Crippen LogP contribution in [0.1, 0.15) is 45.4 Å². The lowest BCUT2D eigenvalue weighted by atomic mass is 9.74. The van der Waals surface area contributed by atoms with Crippen LogP contribution < -0.4 is 10.4 Å². The van der Waals surface area contributed by atoms with Crippen molar-refractivity contribution >= 4 is 0 Å². The van der Waals surface area contributed by atoms with Crippen LogP contribution >= 0.6 is 0 Å². The Balaban J connectivity index is 1.71. The number of fused-ring (bicyclic) bond motifs is 1. The maximum atomic E-state index is 13.2. The molecule has 0 amide bonds. The molecule has 2 atom stereocenters. The zero-order chi connectivity index (χ0) is 14.4. The van der Waals surface area contributed by atoms with Crippen LogP contribution in [0.15, 0.2) is 58.9 Å². The molecule has 0 aromatic rings. The summed E-state index contributed by atoms with van der Waals surface area (Å²) in [4.78, 5) is 0. The first-order chi connectivity index (χ1) is 10.2. The van der Waals surface area contributed by atoms with Crippen molar-refractivity contribution in [2.24, 2.45) is 5.41 Å². The van der Waals surface area contributed by atoms with E-state index in [1.807, 2.05) is 12.3 Å². The summed E-state index contributed by atoms with van der Waals surface area (Å²) in [5.74, 6) is -0.00901. The van der Waals surface area contributed by atoms with E-state index >= 15 is 0 Å². The van der Waals surface area contributed by atoms with Crippen LogP contribution in [-0.2, 0) is 0 Å². The van der Waals surface area contributed by atoms with Gasteiger partial charge < -0.3 is 0 Å². The minimum Gasteiger partial charge on any atom is -0.236 e. The van der Waals surface area contributed by atoms with Crippen LogP contribution in [0.25, 0.3) is 0 Å². The van der Waals surface area contributed by atoms with Gasteiger partial charge in [-0.05, 0) is 49.3 Å². The minimum atomic E-state index is -0.00901. The fraction of sp³-hybridized carbons (Fsp3) is 0.444. The Bertz CT molecular complexity index is 636. The molecule has 0 aromatic carbocycles. The van der Waals surface area contributed by atoms with Gasteiger partial charge in [-0.1, -0.05) is 12.5 Å². The van der Waals surface area contributed by atoms with Gasteiger partial charge in [-0.25, -0.2) is 9.82 Å². The molecule has 0 radical (unpaired) electrons. The Hall–Kier alpha value is -1.61. The van der Waals surface area contributed by atoms with E-state index in [1.54, 1.807) is 11.6 Å². The summed E-state index contributed by atoms with van der Waals surface area (Å²) < 4.78 is 13.2. The van der Waals surface area contributed by atoms with Crippen LogP contribution in [0.5, 0.6) is 0 Å². The summed E-state index contributed by atoms with van der Waals surface area (Å²) in [6.07, 6.45) is 16.5. The van der Waals surface area contributed by atoms with Gasteiger partial charge in [-0.2, -0.15) is 5.01 Å². The quantitative estimate of drug-likeness (QED) is 0.756. The molecule has 1 heterocycles. The van der Waals surface area contributed by atoms with E-state index in [0.29, 0.717) is 11.8 Å². The summed E-state index contributed by atoms with van der Waals surface area (Å²) in [6.45, 7) is 2.41. The van der Waals surface area contributed by atoms with Gasteiger partial charge in [0.05, 0.1) is 6.20 Å². The number of allylic oxidation sites excluding steroid dienone is 8. The third kappa shape index (κ3) is 2.11. The highest BCUT2D eigenvalue weighted by molar-refractivity contribution is 5.41. The van der Waals surface area contributed by atoms with Crippen molar-refractivity contribution in [3.05, 3.63) is 58.9 Å². The normalized spacial score (nSPS) is 34.6. The van der Waals surface area contributed by atoms with Gasteiger partial charge in [0.1, 0.15) is 11.5 Å². The van der Waals surface area contributed by atoms with E-state index in [-0.39, 0.29) is 5.83 Å². The molecule has 2 N–H and O–H groups in total. The first kappa shape index (κ1) is 13.1. The molecule has 2 unspecified atom stereocenters. The van der Waals surface area contributed by atoms with Gasteiger partial charge in [0.15, 0.2) is 5.70 Å². The van der Waals surface area contributed by atoms with Gasteiger partial charge in [-0.15, -0.1) is 0 Å². The van der Waals surface area contributed by atoms with Gasteiger partial charge in [0.25, 0.3) is 0 Å². The molecule has 1 aliphatic heterocycles. The largest absolute Gasteiger partial charge is 0.236 e. The van der Waals surface area contributed by atoms with Crippen LogP contribution in [0.3, 0.4) is 0 Å². The van der Waals surface area contributed by atoms with E-state index in [0.717, 1.165) is 12.8 Å². The van der Waals surface area contributed by atoms with E-state index in [1.165, 1.54) is 41.2 Å². The standard InChI is InChI=1S/C18H21FN2/c1-18-9-2-3-14(18)11-17-13(12-18)8-10-20-21(17)16-6-4-15(19)5-7-16/h4,6,8,10-11,20H,2-3,5,7,9,12H2,1H3/p+1. The number of nitrogens with one attached hydrogen (secondary N) is 2. The SMILES string of the molecule is CC12CCCC1=CC1=C(C=CN[NH+]1C1=CC=C(F)CC1)C2. The first-order valence-corrected chi connectivity index (χ1v) is 7.96. The van der Waals surface area contributed by atoms with Crippen molar-refractivity contribution in [3.8, 4) is 0 Å². The molecule has 4 aliphatic rings. The zero-order valence-corrected chi connectivity index (χ0v) is 12.5. The molecule has 0 bridgehead atoms. The lowest BCUT2D eigenvalue weighted by molar-refractivity contribution is -0.862. The zero-order valence-electron chi connectivity index (χ0n) is 12.5. The summed E-state index contributed by atoms with van der Waals surface area (Å²) in [6, 6.07) is 0. The van der Waals surface area contributed by atoms with Crippen molar-refractivity contribution < 1.29 is 9.40 Å². The van der Waals surface area contributed by atoms with E-state index in [9.17, 15) is 4.39 Å². The van der Waals surface area contributed by atoms with Crippen molar-refractivity contribution in [1.29, 1.82) is 0 Å². The number of hydrogen-bond donors (Lipinski definition) is 2. The number of quaternary nitrogens is 1. The van der Waals surface area contributed by atoms with Crippen molar-refractivity contribution in [2.75, 3.05) is 0 Å². The van der Waals surface area contributed by atoms with Crippen LogP contribution in [-0.4, -0.2) is 0 Å². The molecular formula is C18H22FN2+. The Kier molecular flexibility index (Phi) is 2.93. The Morgan fingerprint density at radius 1 is 1.24 bits per heavy atom. The number of rotatable bonds is 1. The molecule has 3 aliphatic carbocycles. The molecular weight excluding hydrogens is 263 g/mol. The second-order valence-electron chi connectivity index (χ2n) is 6.86. The molecule has 2 nitrogen and oxygen atoms in total. The molecule has 0 saturated heterocycles. The Labute approximate surface area is 125 Å². The lowest BCUT2D eigenvalue weighted by Gasteiger charge is -2.35. The Morgan fingerprint density at radius 3 is 2.95 bits per heavy atom. The summed E-state index contributed by atoms with van der Waals surface area (Å²) in [5, 5.41) is 1.19. The highest BCUT2D eigenvalue weighted by Gasteiger charge is 2.41. The number of hydrogen-bond acceptors (Lipinski definition) is 1. The predicted octanol–water partition coefficient (Wildman–Crippen LogP) is 3.21. The topological polar surface area (TPSA) is 16.5 Å². The monoisotopic (exact) mass is 285 g/mol. The molecule has 1 saturated carbocycles. The smallest absolute Gasteiger partial charge is 0.163 e. The fourth-order valence-corrected chi connectivity index (χ4v) is 4.13. The summed E-state index contributed by atoms with van der Waals surface area (Å²) in [7, 11) is 0. The van der Waals surface area contributed by atoms with Gasteiger partial charge in [0.2, 0.25) is 0 Å². The second-order valence-corrected chi connectivity index (χ2v) is 6.86. The molecule has 0 aromatic heterocycles. The summed E-state index contributed by atoms with van der Waals surface area (Å²) in [5.41, 5.74) is 9.40. The highest BCUT2D eigenvalue weighted by atomic mass is 19.1. The fourth-order valence-electron chi connectivity index (χ4n) is 4.13. The van der Waals surface area contributed by atoms with Crippen LogP contribution in [0.4, 0.5) is 4.39 Å². The van der Waals surface area contributed by atoms with Crippen LogP contribution in [0.2, 0.25) is 0 Å². The maximum Gasteiger partial charge on any atom is 0.163 e. The molecule has 4 rings (SSSR count). The maximum absolute atomic E-state index is 13.2. The van der Waals surface area contributed by atoms with Crippen molar-refractivity contribution in [2.45, 2.75) is 45.4 Å². The molecule has 1 fully saturated rings. The Morgan fingerprint density at radius 2 is 2.14 bits per heavy atom. The predicted molar refractivity (Wildman–Crippen MR) is 81.4 cm³/mol. The minimum absolute atomic E-state index is 0.00901. The number of halogens is 1. The third-order valence-corrected chi connectivity index (χ3v) is 5.40. The third-order valence-electron chi connectivity index (χ3n) is 5.40. The van der Waals surface area contributed by atoms with Crippen LogP contribution in [0, 0.1) is 5.41 Å². The average molecular weight is 285 g/mol. The van der Waals surface area contributed by atoms with Gasteiger partial charge in [-0.3, -0.25) is 0 Å². The van der Waals surface area contributed by atoms with Gasteiger partial charge in [0, 0.05) is 24.5 Å². The lowest BCUT2D eigenvalue weighted by Crippen LogP contribution is -3.15. The molecule has 110 valence electrons.